The first kappa shape index (κ1) is 20.5. The van der Waals surface area contributed by atoms with E-state index in [-0.39, 0.29) is 5.91 Å². The van der Waals surface area contributed by atoms with Crippen molar-refractivity contribution in [3.8, 4) is 0 Å². The lowest BCUT2D eigenvalue weighted by Gasteiger charge is -2.09. The normalized spacial score (nSPS) is 10.9. The molecule has 0 aliphatic heterocycles. The summed E-state index contributed by atoms with van der Waals surface area (Å²) >= 11 is 11.2. The van der Waals surface area contributed by atoms with Crippen molar-refractivity contribution < 1.29 is 4.79 Å². The van der Waals surface area contributed by atoms with Gasteiger partial charge in [0.25, 0.3) is 5.91 Å². The van der Waals surface area contributed by atoms with Crippen LogP contribution in [-0.2, 0) is 0 Å². The number of amides is 1. The topological polar surface area (TPSA) is 65.5 Å². The fraction of sp³-hybridized carbons (Fsp3) is 0.0455. The number of hydrazone groups is 1. The zero-order valence-corrected chi connectivity index (χ0v) is 17.2. The van der Waals surface area contributed by atoms with Crippen molar-refractivity contribution in [3.05, 3.63) is 95.0 Å². The maximum atomic E-state index is 12.4. The molecule has 0 aliphatic rings. The molecule has 0 unspecified atom stereocenters. The number of thiocarbonyl (C=S) groups is 1. The zero-order valence-electron chi connectivity index (χ0n) is 15.6. The van der Waals surface area contributed by atoms with E-state index in [0.717, 1.165) is 17.0 Å². The van der Waals surface area contributed by atoms with Gasteiger partial charge < -0.3 is 10.6 Å². The summed E-state index contributed by atoms with van der Waals surface area (Å²) in [6.07, 6.45) is 0. The molecule has 1 amide bonds. The highest BCUT2D eigenvalue weighted by Gasteiger charge is 2.08. The summed E-state index contributed by atoms with van der Waals surface area (Å²) in [6, 6.07) is 23.8. The number of halogens is 1. The second-order valence-corrected chi connectivity index (χ2v) is 7.02. The number of anilines is 2. The third-order valence-electron chi connectivity index (χ3n) is 3.98. The van der Waals surface area contributed by atoms with E-state index in [2.05, 4.69) is 21.2 Å². The highest BCUT2D eigenvalue weighted by molar-refractivity contribution is 7.80. The highest BCUT2D eigenvalue weighted by Crippen LogP contribution is 2.15. The summed E-state index contributed by atoms with van der Waals surface area (Å²) in [7, 11) is 0. The van der Waals surface area contributed by atoms with Crippen LogP contribution in [-0.4, -0.2) is 16.7 Å². The number of carbonyl (C=O) groups excluding carboxylic acids is 1. The Morgan fingerprint density at radius 2 is 1.55 bits per heavy atom. The summed E-state index contributed by atoms with van der Waals surface area (Å²) in [5.74, 6) is -0.231. The van der Waals surface area contributed by atoms with Crippen LogP contribution in [0.25, 0.3) is 0 Å². The summed E-state index contributed by atoms with van der Waals surface area (Å²) in [5.41, 5.74) is 6.43. The smallest absolute Gasteiger partial charge is 0.255 e. The average molecular weight is 423 g/mol. The first-order valence-corrected chi connectivity index (χ1v) is 9.63. The quantitative estimate of drug-likeness (QED) is 0.296. The van der Waals surface area contributed by atoms with Crippen LogP contribution < -0.4 is 16.1 Å². The van der Waals surface area contributed by atoms with Gasteiger partial charge in [-0.3, -0.25) is 10.2 Å². The SMILES string of the molecule is C/C(=N/NC(=S)Nc1ccccc1)c1cccc(NC(=O)c2cccc(Cl)c2)c1. The van der Waals surface area contributed by atoms with Crippen molar-refractivity contribution in [1.82, 2.24) is 5.43 Å². The number of nitrogens with one attached hydrogen (secondary N) is 3. The third-order valence-corrected chi connectivity index (χ3v) is 4.41. The molecule has 0 aromatic heterocycles. The van der Waals surface area contributed by atoms with E-state index in [1.807, 2.05) is 61.5 Å². The number of benzene rings is 3. The van der Waals surface area contributed by atoms with E-state index in [9.17, 15) is 4.79 Å². The van der Waals surface area contributed by atoms with Crippen molar-refractivity contribution in [3.63, 3.8) is 0 Å². The Hall–Kier alpha value is -3.22. The van der Waals surface area contributed by atoms with Crippen molar-refractivity contribution in [2.24, 2.45) is 5.10 Å². The minimum Gasteiger partial charge on any atom is -0.331 e. The van der Waals surface area contributed by atoms with Crippen molar-refractivity contribution in [2.45, 2.75) is 6.92 Å². The lowest BCUT2D eigenvalue weighted by molar-refractivity contribution is 0.102. The number of hydrogen-bond acceptors (Lipinski definition) is 3. The predicted octanol–water partition coefficient (Wildman–Crippen LogP) is 5.30. The summed E-state index contributed by atoms with van der Waals surface area (Å²) < 4.78 is 0. The lowest BCUT2D eigenvalue weighted by atomic mass is 10.1. The molecule has 0 radical (unpaired) electrons. The van der Waals surface area contributed by atoms with E-state index in [1.54, 1.807) is 24.3 Å². The van der Waals surface area contributed by atoms with Gasteiger partial charge in [0.05, 0.1) is 5.71 Å². The molecule has 0 fully saturated rings. The van der Waals surface area contributed by atoms with Crippen LogP contribution in [0.1, 0.15) is 22.8 Å². The van der Waals surface area contributed by atoms with Gasteiger partial charge in [-0.05, 0) is 67.2 Å². The Balaban J connectivity index is 1.64. The first-order chi connectivity index (χ1) is 14.0. The molecular formula is C22H19ClN4OS. The maximum Gasteiger partial charge on any atom is 0.255 e. The first-order valence-electron chi connectivity index (χ1n) is 8.85. The second kappa shape index (κ2) is 9.82. The number of para-hydroxylation sites is 1. The van der Waals surface area contributed by atoms with Gasteiger partial charge in [0, 0.05) is 22.0 Å². The Bertz CT molecular complexity index is 1050. The Morgan fingerprint density at radius 1 is 0.862 bits per heavy atom. The summed E-state index contributed by atoms with van der Waals surface area (Å²) in [6.45, 7) is 1.86. The lowest BCUT2D eigenvalue weighted by Crippen LogP contribution is -2.24. The number of nitrogens with zero attached hydrogens (tertiary/aromatic N) is 1. The third kappa shape index (κ3) is 6.14. The minimum absolute atomic E-state index is 0.231. The number of carbonyl (C=O) groups is 1. The molecule has 5 nitrogen and oxygen atoms in total. The fourth-order valence-corrected chi connectivity index (χ4v) is 2.89. The summed E-state index contributed by atoms with van der Waals surface area (Å²) in [5, 5.41) is 11.1. The van der Waals surface area contributed by atoms with Crippen LogP contribution in [0.2, 0.25) is 5.02 Å². The average Bonchev–Trinajstić information content (AvgIpc) is 2.73. The maximum absolute atomic E-state index is 12.4. The van der Waals surface area contributed by atoms with Crippen molar-refractivity contribution in [2.75, 3.05) is 10.6 Å². The van der Waals surface area contributed by atoms with Gasteiger partial charge >= 0.3 is 0 Å². The van der Waals surface area contributed by atoms with Crippen LogP contribution in [0, 0.1) is 0 Å². The molecule has 3 aromatic rings. The molecule has 0 atom stereocenters. The van der Waals surface area contributed by atoms with Crippen LogP contribution in [0.5, 0.6) is 0 Å². The molecule has 3 aromatic carbocycles. The van der Waals surface area contributed by atoms with Gasteiger partial charge in [0.2, 0.25) is 0 Å². The van der Waals surface area contributed by atoms with E-state index in [1.165, 1.54) is 0 Å². The molecule has 3 rings (SSSR count). The van der Waals surface area contributed by atoms with Gasteiger partial charge in [-0.2, -0.15) is 5.10 Å². The molecule has 0 spiro atoms. The molecule has 0 aliphatic carbocycles. The minimum atomic E-state index is -0.231. The number of rotatable bonds is 5. The molecule has 0 saturated carbocycles. The standard InChI is InChI=1S/C22H19ClN4OS/c1-15(26-27-22(29)25-19-10-3-2-4-11-19)16-7-6-12-20(14-16)24-21(28)17-8-5-9-18(23)13-17/h2-14H,1H3,(H,24,28)(H2,25,27,29)/b26-15-. The largest absolute Gasteiger partial charge is 0.331 e. The molecule has 0 saturated heterocycles. The van der Waals surface area contributed by atoms with E-state index in [4.69, 9.17) is 23.8 Å². The number of hydrogen-bond donors (Lipinski definition) is 3. The summed E-state index contributed by atoms with van der Waals surface area (Å²) in [4.78, 5) is 12.4. The van der Waals surface area contributed by atoms with Crippen LogP contribution >= 0.6 is 23.8 Å². The fourth-order valence-electron chi connectivity index (χ4n) is 2.53. The molecule has 29 heavy (non-hydrogen) atoms. The molecule has 0 bridgehead atoms. The highest BCUT2D eigenvalue weighted by atomic mass is 35.5. The molecule has 146 valence electrons. The monoisotopic (exact) mass is 422 g/mol. The second-order valence-electron chi connectivity index (χ2n) is 6.17. The van der Waals surface area contributed by atoms with Crippen molar-refractivity contribution >= 4 is 51.9 Å². The van der Waals surface area contributed by atoms with E-state index < -0.39 is 0 Å². The zero-order chi connectivity index (χ0) is 20.6. The van der Waals surface area contributed by atoms with Crippen molar-refractivity contribution in [1.29, 1.82) is 0 Å². The Labute approximate surface area is 179 Å². The van der Waals surface area contributed by atoms with Gasteiger partial charge in [-0.25, -0.2) is 0 Å². The Morgan fingerprint density at radius 3 is 2.31 bits per heavy atom. The van der Waals surface area contributed by atoms with Gasteiger partial charge in [0.15, 0.2) is 5.11 Å². The van der Waals surface area contributed by atoms with Crippen LogP contribution in [0.3, 0.4) is 0 Å². The van der Waals surface area contributed by atoms with Gasteiger partial charge in [0.1, 0.15) is 0 Å². The molecular weight excluding hydrogens is 404 g/mol. The molecule has 0 heterocycles. The Kier molecular flexibility index (Phi) is 6.94. The molecule has 7 heteroatoms. The van der Waals surface area contributed by atoms with Gasteiger partial charge in [-0.1, -0.05) is 48.0 Å². The predicted molar refractivity (Wildman–Crippen MR) is 124 cm³/mol. The van der Waals surface area contributed by atoms with Gasteiger partial charge in [-0.15, -0.1) is 0 Å². The van der Waals surface area contributed by atoms with Crippen LogP contribution in [0.15, 0.2) is 84.0 Å². The van der Waals surface area contributed by atoms with E-state index in [0.29, 0.717) is 21.4 Å². The van der Waals surface area contributed by atoms with Crippen LogP contribution in [0.4, 0.5) is 11.4 Å². The molecule has 3 N–H and O–H groups in total. The van der Waals surface area contributed by atoms with E-state index >= 15 is 0 Å².